The minimum absolute atomic E-state index is 0.179. The molecule has 3 heterocycles. The molecule has 2 aliphatic heterocycles. The number of anilines is 2. The van der Waals surface area contributed by atoms with E-state index in [1.807, 2.05) is 24.3 Å². The van der Waals surface area contributed by atoms with Gasteiger partial charge in [-0.1, -0.05) is 0 Å². The van der Waals surface area contributed by atoms with Gasteiger partial charge < -0.3 is 30.3 Å². The lowest BCUT2D eigenvalue weighted by Crippen LogP contribution is -2.45. The van der Waals surface area contributed by atoms with Crippen LogP contribution >= 0.6 is 0 Å². The molecule has 0 unspecified atom stereocenters. The number of morpholine rings is 1. The molecule has 1 aromatic carbocycles. The van der Waals surface area contributed by atoms with Crippen LogP contribution in [0.3, 0.4) is 0 Å². The maximum Gasteiger partial charge on any atom is 0.318 e. The van der Waals surface area contributed by atoms with Crippen LogP contribution in [0.2, 0.25) is 0 Å². The first-order chi connectivity index (χ1) is 17.1. The summed E-state index contributed by atoms with van der Waals surface area (Å²) in [6.07, 6.45) is 4.38. The van der Waals surface area contributed by atoms with Gasteiger partial charge in [0, 0.05) is 65.9 Å². The van der Waals surface area contributed by atoms with Crippen LogP contribution in [0, 0.1) is 0 Å². The highest BCUT2D eigenvalue weighted by atomic mass is 28.1. The van der Waals surface area contributed by atoms with E-state index in [2.05, 4.69) is 27.4 Å². The zero-order chi connectivity index (χ0) is 24.6. The molecule has 190 valence electrons. The van der Waals surface area contributed by atoms with Gasteiger partial charge in [-0.05, 0) is 57.0 Å². The van der Waals surface area contributed by atoms with Crippen molar-refractivity contribution in [3.8, 4) is 11.4 Å². The summed E-state index contributed by atoms with van der Waals surface area (Å²) >= 11 is 0. The second kappa shape index (κ2) is 12.4. The average Bonchev–Trinajstić information content (AvgIpc) is 3.07. The summed E-state index contributed by atoms with van der Waals surface area (Å²) in [5.41, 5.74) is 4.07. The summed E-state index contributed by atoms with van der Waals surface area (Å²) in [4.78, 5) is 26.9. The summed E-state index contributed by atoms with van der Waals surface area (Å²) in [7, 11) is 0.924. The monoisotopic (exact) mass is 498 g/mol. The molecular weight excluding hydrogens is 460 g/mol. The highest BCUT2D eigenvalue weighted by Gasteiger charge is 2.27. The van der Waals surface area contributed by atoms with Gasteiger partial charge in [0.25, 0.3) is 0 Å². The predicted octanol–water partition coefficient (Wildman–Crippen LogP) is 0.986. The van der Waals surface area contributed by atoms with Gasteiger partial charge in [-0.15, -0.1) is 0 Å². The molecule has 9 nitrogen and oxygen atoms in total. The quantitative estimate of drug-likeness (QED) is 0.368. The number of rotatable bonds is 8. The van der Waals surface area contributed by atoms with E-state index in [9.17, 15) is 4.79 Å². The summed E-state index contributed by atoms with van der Waals surface area (Å²) in [6, 6.07) is 7.83. The molecule has 2 aliphatic rings. The molecular formula is C25H38N6O3Si. The Morgan fingerprint density at radius 3 is 2.71 bits per heavy atom. The SMILES string of the molecule is C[C@H]1COCCN1c1nc(-c2ccc(NC(=O)NC[SiH3])cc2)nc2c1CCN(CCCCO)CC2. The third-order valence-corrected chi connectivity index (χ3v) is 7.03. The van der Waals surface area contributed by atoms with Crippen LogP contribution in [0.1, 0.15) is 31.0 Å². The number of aliphatic hydroxyl groups excluding tert-OH is 1. The Kier molecular flexibility index (Phi) is 9.08. The maximum absolute atomic E-state index is 11.9. The number of nitrogens with zero attached hydrogens (tertiary/aromatic N) is 4. The predicted molar refractivity (Wildman–Crippen MR) is 142 cm³/mol. The molecule has 3 N–H and O–H groups in total. The number of amides is 2. The van der Waals surface area contributed by atoms with Gasteiger partial charge in [0.1, 0.15) is 5.82 Å². The molecule has 35 heavy (non-hydrogen) atoms. The number of urea groups is 1. The van der Waals surface area contributed by atoms with Gasteiger partial charge in [0.15, 0.2) is 5.82 Å². The molecule has 2 aromatic rings. The Labute approximate surface area is 210 Å². The molecule has 0 radical (unpaired) electrons. The third-order valence-electron chi connectivity index (χ3n) is 6.67. The maximum atomic E-state index is 11.9. The van der Waals surface area contributed by atoms with E-state index in [1.165, 1.54) is 5.56 Å². The molecule has 1 atom stereocenters. The molecule has 1 saturated heterocycles. The molecule has 2 amide bonds. The van der Waals surface area contributed by atoms with Crippen LogP contribution in [-0.4, -0.2) is 94.5 Å². The molecule has 1 fully saturated rings. The van der Waals surface area contributed by atoms with Gasteiger partial charge in [0.05, 0.1) is 24.9 Å². The lowest BCUT2D eigenvalue weighted by atomic mass is 10.1. The van der Waals surface area contributed by atoms with Gasteiger partial charge in [0.2, 0.25) is 0 Å². The fourth-order valence-electron chi connectivity index (χ4n) is 4.74. The van der Waals surface area contributed by atoms with E-state index in [1.54, 1.807) is 0 Å². The second-order valence-corrected chi connectivity index (χ2v) is 9.95. The number of ether oxygens (including phenoxy) is 1. The smallest absolute Gasteiger partial charge is 0.318 e. The third kappa shape index (κ3) is 6.57. The number of benzene rings is 1. The highest BCUT2D eigenvalue weighted by Crippen LogP contribution is 2.30. The zero-order valence-corrected chi connectivity index (χ0v) is 22.9. The Bertz CT molecular complexity index is 990. The van der Waals surface area contributed by atoms with Crippen LogP contribution in [-0.2, 0) is 17.6 Å². The van der Waals surface area contributed by atoms with E-state index < -0.39 is 0 Å². The summed E-state index contributed by atoms with van der Waals surface area (Å²) in [5.74, 6) is 1.76. The fraction of sp³-hybridized carbons (Fsp3) is 0.560. The first-order valence-corrected chi connectivity index (χ1v) is 14.2. The number of hydrogen-bond donors (Lipinski definition) is 3. The molecule has 0 saturated carbocycles. The van der Waals surface area contributed by atoms with Crippen molar-refractivity contribution >= 4 is 27.8 Å². The average molecular weight is 499 g/mol. The molecule has 0 bridgehead atoms. The number of hydrogen-bond acceptors (Lipinski definition) is 7. The molecule has 0 aliphatic carbocycles. The number of aromatic nitrogens is 2. The van der Waals surface area contributed by atoms with Crippen LogP contribution < -0.4 is 15.5 Å². The first kappa shape index (κ1) is 25.6. The minimum Gasteiger partial charge on any atom is -0.396 e. The van der Waals surface area contributed by atoms with E-state index in [4.69, 9.17) is 19.8 Å². The van der Waals surface area contributed by atoms with Crippen molar-refractivity contribution in [2.75, 3.05) is 62.4 Å². The van der Waals surface area contributed by atoms with E-state index in [0.29, 0.717) is 19.4 Å². The highest BCUT2D eigenvalue weighted by molar-refractivity contribution is 6.10. The minimum atomic E-state index is -0.179. The summed E-state index contributed by atoms with van der Waals surface area (Å²) < 4.78 is 5.70. The van der Waals surface area contributed by atoms with Crippen molar-refractivity contribution < 1.29 is 14.6 Å². The fourth-order valence-corrected chi connectivity index (χ4v) is 5.06. The van der Waals surface area contributed by atoms with Gasteiger partial charge >= 0.3 is 6.03 Å². The molecule has 1 aromatic heterocycles. The Hall–Kier alpha value is -2.53. The Morgan fingerprint density at radius 1 is 1.17 bits per heavy atom. The molecule has 10 heteroatoms. The summed E-state index contributed by atoms with van der Waals surface area (Å²) in [5, 5.41) is 14.8. The summed E-state index contributed by atoms with van der Waals surface area (Å²) in [6.45, 7) is 7.61. The number of nitrogens with one attached hydrogen (secondary N) is 2. The number of unbranched alkanes of at least 4 members (excludes halogenated alkanes) is 1. The van der Waals surface area contributed by atoms with Crippen LogP contribution in [0.5, 0.6) is 0 Å². The first-order valence-electron chi connectivity index (χ1n) is 12.8. The zero-order valence-electron chi connectivity index (χ0n) is 20.9. The van der Waals surface area contributed by atoms with Crippen molar-refractivity contribution in [3.05, 3.63) is 35.5 Å². The van der Waals surface area contributed by atoms with Crippen molar-refractivity contribution in [2.45, 2.75) is 38.6 Å². The van der Waals surface area contributed by atoms with Crippen molar-refractivity contribution in [1.29, 1.82) is 0 Å². The van der Waals surface area contributed by atoms with Crippen LogP contribution in [0.15, 0.2) is 24.3 Å². The number of fused-ring (bicyclic) bond motifs is 1. The van der Waals surface area contributed by atoms with Crippen LogP contribution in [0.4, 0.5) is 16.3 Å². The Balaban J connectivity index is 1.62. The van der Waals surface area contributed by atoms with Crippen molar-refractivity contribution in [3.63, 3.8) is 0 Å². The van der Waals surface area contributed by atoms with Crippen LogP contribution in [0.25, 0.3) is 11.4 Å². The van der Waals surface area contributed by atoms with E-state index in [-0.39, 0.29) is 18.7 Å². The molecule has 0 spiro atoms. The number of aliphatic hydroxyl groups is 1. The second-order valence-electron chi connectivity index (χ2n) is 9.25. The van der Waals surface area contributed by atoms with Crippen molar-refractivity contribution in [2.24, 2.45) is 0 Å². The van der Waals surface area contributed by atoms with Crippen molar-refractivity contribution in [1.82, 2.24) is 20.2 Å². The normalized spacial score (nSPS) is 18.7. The largest absolute Gasteiger partial charge is 0.396 e. The van der Waals surface area contributed by atoms with E-state index >= 15 is 0 Å². The van der Waals surface area contributed by atoms with Gasteiger partial charge in [-0.3, -0.25) is 0 Å². The number of carbonyl (C=O) groups excluding carboxylic acids is 1. The lowest BCUT2D eigenvalue weighted by molar-refractivity contribution is 0.0984. The van der Waals surface area contributed by atoms with Gasteiger partial charge in [-0.2, -0.15) is 0 Å². The standard InChI is InChI=1S/C25H38N6O3Si/c1-18-16-34-15-13-31(18)24-21-8-11-30(10-2-3-14-32)12-9-22(21)28-23(29-24)19-4-6-20(7-5-19)27-25(33)26-17-35/h4-7,18,32H,2-3,8-17H2,1,35H3,(H2,26,27,33)/t18-/m0/s1. The van der Waals surface area contributed by atoms with Gasteiger partial charge in [-0.25, -0.2) is 14.8 Å². The lowest BCUT2D eigenvalue weighted by Gasteiger charge is -2.36. The molecule has 4 rings (SSSR count). The van der Waals surface area contributed by atoms with E-state index in [0.717, 1.165) is 90.7 Å². The number of carbonyl (C=O) groups is 1. The topological polar surface area (TPSA) is 103 Å². The Morgan fingerprint density at radius 2 is 1.97 bits per heavy atom.